The van der Waals surface area contributed by atoms with Crippen molar-refractivity contribution < 1.29 is 0 Å². The molecule has 0 aliphatic heterocycles. The summed E-state index contributed by atoms with van der Waals surface area (Å²) in [6.07, 6.45) is 5.61. The number of nitrogens with zero attached hydrogens (tertiary/aromatic N) is 1. The van der Waals surface area contributed by atoms with Crippen molar-refractivity contribution in [2.24, 2.45) is 5.92 Å². The highest BCUT2D eigenvalue weighted by molar-refractivity contribution is 5.20. The van der Waals surface area contributed by atoms with E-state index in [4.69, 9.17) is 0 Å². The second kappa shape index (κ2) is 7.44. The summed E-state index contributed by atoms with van der Waals surface area (Å²) in [5.41, 5.74) is 2.49. The van der Waals surface area contributed by atoms with Crippen molar-refractivity contribution >= 4 is 0 Å². The Morgan fingerprint density at radius 1 is 1.29 bits per heavy atom. The first-order valence-electron chi connectivity index (χ1n) is 6.85. The van der Waals surface area contributed by atoms with E-state index < -0.39 is 0 Å². The number of aryl methyl sites for hydroxylation is 1. The molecule has 0 aromatic carbocycles. The fourth-order valence-electron chi connectivity index (χ4n) is 2.33. The molecule has 0 radical (unpaired) electrons. The zero-order valence-corrected chi connectivity index (χ0v) is 11.7. The fraction of sp³-hybridized carbons (Fsp3) is 0.667. The summed E-state index contributed by atoms with van der Waals surface area (Å²) < 4.78 is 0. The smallest absolute Gasteiger partial charge is 0.0375 e. The van der Waals surface area contributed by atoms with Crippen LogP contribution >= 0.6 is 0 Å². The minimum absolute atomic E-state index is 0.469. The van der Waals surface area contributed by atoms with Crippen LogP contribution in [0.3, 0.4) is 0 Å². The van der Waals surface area contributed by atoms with Crippen LogP contribution < -0.4 is 5.32 Å². The molecule has 0 aliphatic rings. The molecule has 1 N–H and O–H groups in total. The Morgan fingerprint density at radius 3 is 2.65 bits per heavy atom. The molecule has 1 aromatic rings. The molecule has 0 saturated carbocycles. The molecule has 1 aromatic heterocycles. The van der Waals surface area contributed by atoms with Crippen LogP contribution in [0.15, 0.2) is 18.3 Å². The van der Waals surface area contributed by atoms with E-state index in [1.165, 1.54) is 24.8 Å². The van der Waals surface area contributed by atoms with Crippen LogP contribution in [0.1, 0.15) is 57.3 Å². The van der Waals surface area contributed by atoms with E-state index >= 15 is 0 Å². The van der Waals surface area contributed by atoms with Crippen molar-refractivity contribution in [2.75, 3.05) is 6.54 Å². The normalized spacial score (nSPS) is 14.6. The number of hydrogen-bond donors (Lipinski definition) is 1. The van der Waals surface area contributed by atoms with Crippen LogP contribution in [0.5, 0.6) is 0 Å². The Labute approximate surface area is 106 Å². The third kappa shape index (κ3) is 4.47. The largest absolute Gasteiger partial charge is 0.310 e. The first-order valence-corrected chi connectivity index (χ1v) is 6.85. The molecule has 1 rings (SSSR count). The van der Waals surface area contributed by atoms with Gasteiger partial charge in [-0.2, -0.15) is 0 Å². The standard InChI is InChI=1S/C15H26N2/c1-5-7-12(3)15(17-9-6-2)14-8-10-16-13(4)11-14/h8,10-12,15,17H,5-7,9H2,1-4H3. The fourth-order valence-corrected chi connectivity index (χ4v) is 2.33. The zero-order chi connectivity index (χ0) is 12.7. The Hall–Kier alpha value is -0.890. The molecular weight excluding hydrogens is 208 g/mol. The quantitative estimate of drug-likeness (QED) is 0.774. The molecule has 96 valence electrons. The van der Waals surface area contributed by atoms with Crippen molar-refractivity contribution in [1.29, 1.82) is 0 Å². The maximum absolute atomic E-state index is 4.28. The van der Waals surface area contributed by atoms with Gasteiger partial charge in [0, 0.05) is 17.9 Å². The molecule has 0 saturated heterocycles. The molecule has 2 nitrogen and oxygen atoms in total. The van der Waals surface area contributed by atoms with Crippen LogP contribution in [0.25, 0.3) is 0 Å². The lowest BCUT2D eigenvalue weighted by atomic mass is 9.91. The highest BCUT2D eigenvalue weighted by Crippen LogP contribution is 2.25. The summed E-state index contributed by atoms with van der Waals surface area (Å²) in [4.78, 5) is 4.28. The second-order valence-electron chi connectivity index (χ2n) is 4.93. The highest BCUT2D eigenvalue weighted by atomic mass is 14.9. The van der Waals surface area contributed by atoms with E-state index in [2.05, 4.69) is 50.1 Å². The van der Waals surface area contributed by atoms with Crippen molar-refractivity contribution in [1.82, 2.24) is 10.3 Å². The van der Waals surface area contributed by atoms with Gasteiger partial charge in [0.2, 0.25) is 0 Å². The molecule has 2 atom stereocenters. The molecule has 0 amide bonds. The number of pyridine rings is 1. The van der Waals surface area contributed by atoms with Crippen LogP contribution in [0.2, 0.25) is 0 Å². The van der Waals surface area contributed by atoms with E-state index in [1.807, 2.05) is 6.20 Å². The molecule has 0 fully saturated rings. The van der Waals surface area contributed by atoms with Gasteiger partial charge in [-0.3, -0.25) is 4.98 Å². The van der Waals surface area contributed by atoms with Crippen LogP contribution in [0.4, 0.5) is 0 Å². The Kier molecular flexibility index (Phi) is 6.20. The first-order chi connectivity index (χ1) is 8.19. The highest BCUT2D eigenvalue weighted by Gasteiger charge is 2.17. The lowest BCUT2D eigenvalue weighted by molar-refractivity contribution is 0.363. The summed E-state index contributed by atoms with van der Waals surface area (Å²) in [5, 5.41) is 3.67. The summed E-state index contributed by atoms with van der Waals surface area (Å²) >= 11 is 0. The summed E-state index contributed by atoms with van der Waals surface area (Å²) in [7, 11) is 0. The summed E-state index contributed by atoms with van der Waals surface area (Å²) in [6, 6.07) is 4.82. The molecule has 17 heavy (non-hydrogen) atoms. The first kappa shape index (κ1) is 14.2. The lowest BCUT2D eigenvalue weighted by Crippen LogP contribution is -2.27. The Bertz CT molecular complexity index is 322. The van der Waals surface area contributed by atoms with Gasteiger partial charge in [0.05, 0.1) is 0 Å². The van der Waals surface area contributed by atoms with Gasteiger partial charge >= 0.3 is 0 Å². The molecular formula is C15H26N2. The van der Waals surface area contributed by atoms with E-state index in [-0.39, 0.29) is 0 Å². The van der Waals surface area contributed by atoms with E-state index in [9.17, 15) is 0 Å². The van der Waals surface area contributed by atoms with Crippen LogP contribution in [-0.2, 0) is 0 Å². The van der Waals surface area contributed by atoms with E-state index in [0.29, 0.717) is 12.0 Å². The summed E-state index contributed by atoms with van der Waals surface area (Å²) in [6.45, 7) is 9.95. The van der Waals surface area contributed by atoms with Gasteiger partial charge in [-0.25, -0.2) is 0 Å². The SMILES string of the molecule is CCCNC(c1ccnc(C)c1)C(C)CCC. The van der Waals surface area contributed by atoms with Gasteiger partial charge in [0.1, 0.15) is 0 Å². The van der Waals surface area contributed by atoms with Gasteiger partial charge < -0.3 is 5.32 Å². The lowest BCUT2D eigenvalue weighted by Gasteiger charge is -2.25. The minimum Gasteiger partial charge on any atom is -0.310 e. The van der Waals surface area contributed by atoms with E-state index in [1.54, 1.807) is 0 Å². The van der Waals surface area contributed by atoms with Gasteiger partial charge in [0.15, 0.2) is 0 Å². The maximum atomic E-state index is 4.28. The molecule has 2 unspecified atom stereocenters. The number of hydrogen-bond acceptors (Lipinski definition) is 2. The molecule has 0 aliphatic carbocycles. The predicted octanol–water partition coefficient (Wildman–Crippen LogP) is 3.87. The third-order valence-electron chi connectivity index (χ3n) is 3.21. The van der Waals surface area contributed by atoms with Crippen molar-refractivity contribution in [3.63, 3.8) is 0 Å². The molecule has 1 heterocycles. The van der Waals surface area contributed by atoms with Gasteiger partial charge in [0.25, 0.3) is 0 Å². The molecule has 0 bridgehead atoms. The van der Waals surface area contributed by atoms with Crippen molar-refractivity contribution in [3.05, 3.63) is 29.6 Å². The van der Waals surface area contributed by atoms with Gasteiger partial charge in [-0.05, 0) is 49.9 Å². The van der Waals surface area contributed by atoms with Crippen LogP contribution in [0, 0.1) is 12.8 Å². The van der Waals surface area contributed by atoms with Crippen molar-refractivity contribution in [2.45, 2.75) is 53.0 Å². The minimum atomic E-state index is 0.469. The second-order valence-corrected chi connectivity index (χ2v) is 4.93. The van der Waals surface area contributed by atoms with Gasteiger partial charge in [-0.15, -0.1) is 0 Å². The third-order valence-corrected chi connectivity index (χ3v) is 3.21. The van der Waals surface area contributed by atoms with Gasteiger partial charge in [-0.1, -0.05) is 27.2 Å². The predicted molar refractivity (Wildman–Crippen MR) is 74.1 cm³/mol. The number of rotatable bonds is 7. The maximum Gasteiger partial charge on any atom is 0.0375 e. The Balaban J connectivity index is 2.81. The molecule has 0 spiro atoms. The summed E-state index contributed by atoms with van der Waals surface area (Å²) in [5.74, 6) is 0.674. The van der Waals surface area contributed by atoms with Crippen LogP contribution in [-0.4, -0.2) is 11.5 Å². The average molecular weight is 234 g/mol. The van der Waals surface area contributed by atoms with E-state index in [0.717, 1.165) is 12.2 Å². The van der Waals surface area contributed by atoms with Crippen molar-refractivity contribution in [3.8, 4) is 0 Å². The molecule has 2 heteroatoms. The Morgan fingerprint density at radius 2 is 2.06 bits per heavy atom. The number of nitrogens with one attached hydrogen (secondary N) is 1. The monoisotopic (exact) mass is 234 g/mol. The topological polar surface area (TPSA) is 24.9 Å². The number of aromatic nitrogens is 1. The average Bonchev–Trinajstić information content (AvgIpc) is 2.30. The zero-order valence-electron chi connectivity index (χ0n) is 11.7.